The first-order valence-electron chi connectivity index (χ1n) is 6.45. The lowest BCUT2D eigenvalue weighted by Gasteiger charge is -2.34. The monoisotopic (exact) mass is 287 g/mol. The molecule has 1 atom stereocenters. The number of likely N-dealkylation sites (N-methyl/N-ethyl adjacent to an activating group) is 2. The Morgan fingerprint density at radius 2 is 2.00 bits per heavy atom. The van der Waals surface area contributed by atoms with Crippen molar-refractivity contribution in [1.29, 1.82) is 0 Å². The molecule has 0 aromatic heterocycles. The second-order valence-electron chi connectivity index (χ2n) is 4.73. The summed E-state index contributed by atoms with van der Waals surface area (Å²) in [6.45, 7) is 2.65. The van der Waals surface area contributed by atoms with Gasteiger partial charge in [-0.3, -0.25) is 4.79 Å². The molecule has 1 aliphatic heterocycles. The third-order valence-corrected chi connectivity index (χ3v) is 3.09. The van der Waals surface area contributed by atoms with Gasteiger partial charge < -0.3 is 24.5 Å². The van der Waals surface area contributed by atoms with Crippen molar-refractivity contribution in [3.05, 3.63) is 0 Å². The molecular weight excluding hydrogens is 266 g/mol. The first kappa shape index (κ1) is 16.2. The maximum atomic E-state index is 12.3. The van der Waals surface area contributed by atoms with Gasteiger partial charge in [0.2, 0.25) is 5.91 Å². The number of ether oxygens (including phenoxy) is 1. The smallest absolute Gasteiger partial charge is 0.334 e. The molecule has 0 bridgehead atoms. The number of rotatable bonds is 4. The maximum Gasteiger partial charge on any atom is 0.334 e. The number of hydrogen-bond donors (Lipinski definition) is 1. The van der Waals surface area contributed by atoms with Crippen LogP contribution in [0.25, 0.3) is 0 Å². The van der Waals surface area contributed by atoms with Gasteiger partial charge in [0.05, 0.1) is 13.2 Å². The summed E-state index contributed by atoms with van der Waals surface area (Å²) >= 11 is 0. The number of amides is 3. The van der Waals surface area contributed by atoms with E-state index >= 15 is 0 Å². The van der Waals surface area contributed by atoms with Crippen LogP contribution in [-0.4, -0.2) is 90.7 Å². The number of carboxylic acids is 1. The molecule has 1 heterocycles. The number of urea groups is 1. The maximum absolute atomic E-state index is 12.3. The molecule has 8 heteroatoms. The molecule has 0 aromatic rings. The van der Waals surface area contributed by atoms with Crippen molar-refractivity contribution in [3.63, 3.8) is 0 Å². The van der Waals surface area contributed by atoms with Gasteiger partial charge in [-0.15, -0.1) is 0 Å². The summed E-state index contributed by atoms with van der Waals surface area (Å²) < 4.78 is 5.07. The van der Waals surface area contributed by atoms with Crippen LogP contribution in [0.5, 0.6) is 0 Å². The topological polar surface area (TPSA) is 90.4 Å². The first-order valence-corrected chi connectivity index (χ1v) is 6.45. The highest BCUT2D eigenvalue weighted by atomic mass is 16.5. The van der Waals surface area contributed by atoms with E-state index in [1.54, 1.807) is 21.0 Å². The average molecular weight is 287 g/mol. The van der Waals surface area contributed by atoms with Crippen molar-refractivity contribution >= 4 is 17.9 Å². The SMILES string of the molecule is CCN(CC(=O)N(C)C)C(=O)N1CCOC(C(=O)O)C1. The molecule has 1 fully saturated rings. The highest BCUT2D eigenvalue weighted by molar-refractivity contribution is 5.84. The Labute approximate surface area is 117 Å². The van der Waals surface area contributed by atoms with Crippen LogP contribution in [0.2, 0.25) is 0 Å². The largest absolute Gasteiger partial charge is 0.479 e. The van der Waals surface area contributed by atoms with E-state index in [1.165, 1.54) is 14.7 Å². The van der Waals surface area contributed by atoms with E-state index in [1.807, 2.05) is 0 Å². The fourth-order valence-corrected chi connectivity index (χ4v) is 1.79. The Bertz CT molecular complexity index is 385. The number of nitrogens with zero attached hydrogens (tertiary/aromatic N) is 3. The van der Waals surface area contributed by atoms with Crippen LogP contribution in [-0.2, 0) is 14.3 Å². The Morgan fingerprint density at radius 1 is 1.35 bits per heavy atom. The summed E-state index contributed by atoms with van der Waals surface area (Å²) in [6, 6.07) is -0.336. The lowest BCUT2D eigenvalue weighted by Crippen LogP contribution is -2.54. The Morgan fingerprint density at radius 3 is 2.50 bits per heavy atom. The van der Waals surface area contributed by atoms with E-state index in [0.717, 1.165) is 0 Å². The van der Waals surface area contributed by atoms with Gasteiger partial charge in [0.1, 0.15) is 6.54 Å². The number of hydrogen-bond acceptors (Lipinski definition) is 4. The molecule has 0 aromatic carbocycles. The fourth-order valence-electron chi connectivity index (χ4n) is 1.79. The lowest BCUT2D eigenvalue weighted by molar-refractivity contribution is -0.154. The van der Waals surface area contributed by atoms with Gasteiger partial charge in [-0.2, -0.15) is 0 Å². The molecule has 20 heavy (non-hydrogen) atoms. The van der Waals surface area contributed by atoms with Gasteiger partial charge in [-0.1, -0.05) is 0 Å². The summed E-state index contributed by atoms with van der Waals surface area (Å²) in [7, 11) is 3.24. The molecule has 1 N–H and O–H groups in total. The van der Waals surface area contributed by atoms with Crippen LogP contribution < -0.4 is 0 Å². The summed E-state index contributed by atoms with van der Waals surface area (Å²) in [4.78, 5) is 39.1. The third-order valence-electron chi connectivity index (χ3n) is 3.09. The molecule has 3 amide bonds. The van der Waals surface area contributed by atoms with Crippen LogP contribution in [0.15, 0.2) is 0 Å². The number of morpholine rings is 1. The predicted molar refractivity (Wildman–Crippen MR) is 70.3 cm³/mol. The minimum absolute atomic E-state index is 0.000815. The summed E-state index contributed by atoms with van der Waals surface area (Å²) in [5.41, 5.74) is 0. The zero-order valence-corrected chi connectivity index (χ0v) is 12.0. The van der Waals surface area contributed by atoms with Crippen LogP contribution in [0.4, 0.5) is 4.79 Å². The molecule has 0 aliphatic carbocycles. The van der Waals surface area contributed by atoms with Crippen molar-refractivity contribution in [3.8, 4) is 0 Å². The van der Waals surface area contributed by atoms with Crippen molar-refractivity contribution in [2.75, 3.05) is 46.9 Å². The van der Waals surface area contributed by atoms with Crippen LogP contribution in [0.3, 0.4) is 0 Å². The molecule has 1 rings (SSSR count). The van der Waals surface area contributed by atoms with E-state index in [-0.39, 0.29) is 31.6 Å². The van der Waals surface area contributed by atoms with E-state index in [9.17, 15) is 14.4 Å². The van der Waals surface area contributed by atoms with Crippen molar-refractivity contribution in [1.82, 2.24) is 14.7 Å². The average Bonchev–Trinajstić information content (AvgIpc) is 2.43. The van der Waals surface area contributed by atoms with Crippen LogP contribution in [0, 0.1) is 0 Å². The zero-order chi connectivity index (χ0) is 15.3. The predicted octanol–water partition coefficient (Wildman–Crippen LogP) is -0.698. The molecule has 1 aliphatic rings. The van der Waals surface area contributed by atoms with Crippen molar-refractivity contribution < 1.29 is 24.2 Å². The van der Waals surface area contributed by atoms with Gasteiger partial charge in [-0.25, -0.2) is 9.59 Å². The first-order chi connectivity index (χ1) is 9.36. The number of aliphatic carboxylic acids is 1. The number of carbonyl (C=O) groups excluding carboxylic acids is 2. The van der Waals surface area contributed by atoms with Gasteiger partial charge in [0.25, 0.3) is 0 Å². The van der Waals surface area contributed by atoms with E-state index < -0.39 is 12.1 Å². The molecule has 1 unspecified atom stereocenters. The van der Waals surface area contributed by atoms with Crippen molar-refractivity contribution in [2.45, 2.75) is 13.0 Å². The highest BCUT2D eigenvalue weighted by Gasteiger charge is 2.31. The highest BCUT2D eigenvalue weighted by Crippen LogP contribution is 2.09. The van der Waals surface area contributed by atoms with Gasteiger partial charge in [0.15, 0.2) is 6.10 Å². The normalized spacial score (nSPS) is 18.6. The molecular formula is C12H21N3O5. The second-order valence-corrected chi connectivity index (χ2v) is 4.73. The molecule has 8 nitrogen and oxygen atoms in total. The second kappa shape index (κ2) is 7.09. The summed E-state index contributed by atoms with van der Waals surface area (Å²) in [5.74, 6) is -1.27. The minimum Gasteiger partial charge on any atom is -0.479 e. The summed E-state index contributed by atoms with van der Waals surface area (Å²) in [5, 5.41) is 8.91. The fraction of sp³-hybridized carbons (Fsp3) is 0.750. The van der Waals surface area contributed by atoms with Gasteiger partial charge in [-0.05, 0) is 6.92 Å². The Hall–Kier alpha value is -1.83. The molecule has 114 valence electrons. The standard InChI is InChI=1S/C12H21N3O5/c1-4-14(8-10(16)13(2)3)12(19)15-5-6-20-9(7-15)11(17)18/h9H,4-8H2,1-3H3,(H,17,18). The quantitative estimate of drug-likeness (QED) is 0.738. The van der Waals surface area contributed by atoms with Crippen molar-refractivity contribution in [2.24, 2.45) is 0 Å². The summed E-state index contributed by atoms with van der Waals surface area (Å²) in [6.07, 6.45) is -1.00. The van der Waals surface area contributed by atoms with Gasteiger partial charge in [0, 0.05) is 27.2 Å². The van der Waals surface area contributed by atoms with Crippen LogP contribution in [0.1, 0.15) is 6.92 Å². The van der Waals surface area contributed by atoms with Gasteiger partial charge >= 0.3 is 12.0 Å². The van der Waals surface area contributed by atoms with E-state index in [2.05, 4.69) is 0 Å². The minimum atomic E-state index is -1.09. The van der Waals surface area contributed by atoms with E-state index in [0.29, 0.717) is 13.1 Å². The lowest BCUT2D eigenvalue weighted by atomic mass is 10.3. The third kappa shape index (κ3) is 4.09. The Balaban J connectivity index is 2.66. The molecule has 1 saturated heterocycles. The molecule has 0 radical (unpaired) electrons. The molecule has 0 spiro atoms. The zero-order valence-electron chi connectivity index (χ0n) is 12.0. The molecule has 0 saturated carbocycles. The Kier molecular flexibility index (Phi) is 5.75. The number of carboxylic acid groups (broad SMARTS) is 1. The van der Waals surface area contributed by atoms with E-state index in [4.69, 9.17) is 9.84 Å². The van der Waals surface area contributed by atoms with Crippen LogP contribution >= 0.6 is 0 Å². The number of carbonyl (C=O) groups is 3.